The first kappa shape index (κ1) is 10.6. The molecule has 0 saturated heterocycles. The van der Waals surface area contributed by atoms with Crippen LogP contribution >= 0.6 is 12.6 Å². The Kier molecular flexibility index (Phi) is 3.16. The highest BCUT2D eigenvalue weighted by Crippen LogP contribution is 2.23. The van der Waals surface area contributed by atoms with Gasteiger partial charge in [-0.05, 0) is 18.2 Å². The minimum absolute atomic E-state index is 0.199. The van der Waals surface area contributed by atoms with Crippen molar-refractivity contribution in [1.29, 1.82) is 0 Å². The molecule has 0 bridgehead atoms. The summed E-state index contributed by atoms with van der Waals surface area (Å²) < 4.78 is 5.38. The average Bonchev–Trinajstić information content (AvgIpc) is 2.31. The number of rotatable bonds is 3. The van der Waals surface area contributed by atoms with Crippen molar-refractivity contribution in [2.75, 3.05) is 0 Å². The van der Waals surface area contributed by atoms with Crippen LogP contribution in [0, 0.1) is 0 Å². The Bertz CT molecular complexity index is 502. The maximum Gasteiger partial charge on any atom is 0.321 e. The minimum Gasteiger partial charge on any atom is -0.423 e. The smallest absolute Gasteiger partial charge is 0.321 e. The number of thiol groups is 1. The van der Waals surface area contributed by atoms with E-state index in [1.807, 2.05) is 0 Å². The molecular weight excluding hydrogens is 224 g/mol. The zero-order chi connectivity index (χ0) is 11.4. The average molecular weight is 232 g/mol. The van der Waals surface area contributed by atoms with Crippen molar-refractivity contribution in [3.63, 3.8) is 0 Å². The SMILES string of the molecule is O=C(S)c1ccccc1Oc1ncccn1. The van der Waals surface area contributed by atoms with E-state index in [0.717, 1.165) is 0 Å². The number of benzene rings is 1. The van der Waals surface area contributed by atoms with Crippen LogP contribution in [-0.4, -0.2) is 15.1 Å². The second kappa shape index (κ2) is 4.76. The van der Waals surface area contributed by atoms with Gasteiger partial charge in [-0.25, -0.2) is 9.97 Å². The van der Waals surface area contributed by atoms with Gasteiger partial charge in [-0.1, -0.05) is 12.1 Å². The van der Waals surface area contributed by atoms with Gasteiger partial charge in [0.25, 0.3) is 0 Å². The Balaban J connectivity index is 2.31. The van der Waals surface area contributed by atoms with Gasteiger partial charge in [0, 0.05) is 12.4 Å². The van der Waals surface area contributed by atoms with Crippen molar-refractivity contribution in [1.82, 2.24) is 9.97 Å². The fourth-order valence-corrected chi connectivity index (χ4v) is 1.35. The summed E-state index contributed by atoms with van der Waals surface area (Å²) in [6.45, 7) is 0. The summed E-state index contributed by atoms with van der Waals surface area (Å²) in [5.41, 5.74) is 0.387. The van der Waals surface area contributed by atoms with E-state index in [1.165, 1.54) is 0 Å². The molecule has 0 unspecified atom stereocenters. The van der Waals surface area contributed by atoms with Crippen molar-refractivity contribution in [3.8, 4) is 11.8 Å². The Morgan fingerprint density at radius 3 is 2.50 bits per heavy atom. The number of carbonyl (C=O) groups excluding carboxylic acids is 1. The molecule has 0 amide bonds. The van der Waals surface area contributed by atoms with Gasteiger partial charge in [0.1, 0.15) is 5.75 Å². The predicted molar refractivity (Wildman–Crippen MR) is 61.9 cm³/mol. The van der Waals surface area contributed by atoms with E-state index in [1.54, 1.807) is 42.7 Å². The largest absolute Gasteiger partial charge is 0.423 e. The van der Waals surface area contributed by atoms with Crippen LogP contribution in [0.2, 0.25) is 0 Å². The van der Waals surface area contributed by atoms with Gasteiger partial charge in [-0.3, -0.25) is 4.79 Å². The molecule has 5 heteroatoms. The molecule has 80 valence electrons. The van der Waals surface area contributed by atoms with Crippen molar-refractivity contribution < 1.29 is 9.53 Å². The molecule has 0 aliphatic carbocycles. The molecule has 0 saturated carbocycles. The van der Waals surface area contributed by atoms with Gasteiger partial charge in [-0.2, -0.15) is 0 Å². The third-order valence-electron chi connectivity index (χ3n) is 1.86. The van der Waals surface area contributed by atoms with Gasteiger partial charge in [0.2, 0.25) is 5.12 Å². The molecule has 1 heterocycles. The zero-order valence-corrected chi connectivity index (χ0v) is 9.09. The molecule has 4 nitrogen and oxygen atoms in total. The lowest BCUT2D eigenvalue weighted by Crippen LogP contribution is -1.96. The molecule has 0 atom stereocenters. The van der Waals surface area contributed by atoms with Gasteiger partial charge in [-0.15, -0.1) is 12.6 Å². The molecule has 1 aromatic carbocycles. The summed E-state index contributed by atoms with van der Waals surface area (Å²) in [7, 11) is 0. The normalized spacial score (nSPS) is 9.81. The standard InChI is InChI=1S/C11H8N2O2S/c14-10(16)8-4-1-2-5-9(8)15-11-12-6-3-7-13-11/h1-7H,(H,14,16). The van der Waals surface area contributed by atoms with E-state index in [2.05, 4.69) is 22.6 Å². The number of para-hydroxylation sites is 1. The summed E-state index contributed by atoms with van der Waals surface area (Å²) in [5, 5.41) is -0.355. The predicted octanol–water partition coefficient (Wildman–Crippen LogP) is 2.34. The van der Waals surface area contributed by atoms with E-state index in [9.17, 15) is 4.79 Å². The third kappa shape index (κ3) is 2.38. The summed E-state index contributed by atoms with van der Waals surface area (Å²) >= 11 is 3.76. The summed E-state index contributed by atoms with van der Waals surface area (Å²) in [5.74, 6) is 0.397. The zero-order valence-electron chi connectivity index (χ0n) is 8.20. The fourth-order valence-electron chi connectivity index (χ4n) is 1.17. The number of hydrogen-bond donors (Lipinski definition) is 1. The van der Waals surface area contributed by atoms with Crippen LogP contribution in [-0.2, 0) is 0 Å². The van der Waals surface area contributed by atoms with Crippen LogP contribution in [0.1, 0.15) is 10.4 Å². The van der Waals surface area contributed by atoms with E-state index in [4.69, 9.17) is 4.74 Å². The summed E-state index contributed by atoms with van der Waals surface area (Å²) in [4.78, 5) is 19.0. The highest BCUT2D eigenvalue weighted by atomic mass is 32.1. The minimum atomic E-state index is -0.355. The molecule has 0 aliphatic rings. The molecule has 0 aliphatic heterocycles. The number of hydrogen-bond acceptors (Lipinski definition) is 4. The van der Waals surface area contributed by atoms with E-state index in [0.29, 0.717) is 11.3 Å². The lowest BCUT2D eigenvalue weighted by atomic mass is 10.2. The van der Waals surface area contributed by atoms with Crippen molar-refractivity contribution >= 4 is 17.7 Å². The molecular formula is C11H8N2O2S. The molecule has 0 radical (unpaired) electrons. The van der Waals surface area contributed by atoms with Crippen LogP contribution < -0.4 is 4.74 Å². The number of nitrogens with zero attached hydrogens (tertiary/aromatic N) is 2. The van der Waals surface area contributed by atoms with Crippen LogP contribution in [0.3, 0.4) is 0 Å². The Morgan fingerprint density at radius 1 is 1.12 bits per heavy atom. The number of carbonyl (C=O) groups is 1. The Hall–Kier alpha value is -1.88. The fraction of sp³-hybridized carbons (Fsp3) is 0. The number of ether oxygens (including phenoxy) is 1. The highest BCUT2D eigenvalue weighted by Gasteiger charge is 2.09. The first-order valence-electron chi connectivity index (χ1n) is 4.54. The molecule has 2 aromatic rings. The number of aromatic nitrogens is 2. The summed E-state index contributed by atoms with van der Waals surface area (Å²) in [6.07, 6.45) is 3.13. The van der Waals surface area contributed by atoms with E-state index >= 15 is 0 Å². The van der Waals surface area contributed by atoms with Gasteiger partial charge in [0.05, 0.1) is 5.56 Å². The van der Waals surface area contributed by atoms with Gasteiger partial charge in [0.15, 0.2) is 0 Å². The molecule has 0 fully saturated rings. The van der Waals surface area contributed by atoms with Crippen molar-refractivity contribution in [2.45, 2.75) is 0 Å². The lowest BCUT2D eigenvalue weighted by molar-refractivity contribution is 0.108. The quantitative estimate of drug-likeness (QED) is 0.825. The molecule has 0 N–H and O–H groups in total. The molecule has 2 rings (SSSR count). The Labute approximate surface area is 97.7 Å². The van der Waals surface area contributed by atoms with Crippen LogP contribution in [0.25, 0.3) is 0 Å². The first-order chi connectivity index (χ1) is 7.77. The van der Waals surface area contributed by atoms with Crippen molar-refractivity contribution in [2.24, 2.45) is 0 Å². The van der Waals surface area contributed by atoms with Crippen LogP contribution in [0.15, 0.2) is 42.7 Å². The second-order valence-electron chi connectivity index (χ2n) is 2.93. The third-order valence-corrected chi connectivity index (χ3v) is 2.10. The van der Waals surface area contributed by atoms with E-state index in [-0.39, 0.29) is 11.1 Å². The van der Waals surface area contributed by atoms with Crippen molar-refractivity contribution in [3.05, 3.63) is 48.3 Å². The maximum atomic E-state index is 11.2. The molecule has 1 aromatic heterocycles. The topological polar surface area (TPSA) is 52.1 Å². The van der Waals surface area contributed by atoms with Crippen LogP contribution in [0.4, 0.5) is 0 Å². The first-order valence-corrected chi connectivity index (χ1v) is 4.99. The maximum absolute atomic E-state index is 11.2. The van der Waals surface area contributed by atoms with Gasteiger partial charge < -0.3 is 4.74 Å². The van der Waals surface area contributed by atoms with E-state index < -0.39 is 0 Å². The monoisotopic (exact) mass is 232 g/mol. The Morgan fingerprint density at radius 2 is 1.81 bits per heavy atom. The highest BCUT2D eigenvalue weighted by molar-refractivity contribution is 7.97. The second-order valence-corrected chi connectivity index (χ2v) is 3.34. The molecule has 0 spiro atoms. The lowest BCUT2D eigenvalue weighted by Gasteiger charge is -2.06. The summed E-state index contributed by atoms with van der Waals surface area (Å²) in [6, 6.07) is 8.68. The van der Waals surface area contributed by atoms with Crippen LogP contribution in [0.5, 0.6) is 11.8 Å². The van der Waals surface area contributed by atoms with Gasteiger partial charge >= 0.3 is 6.01 Å². The molecule has 16 heavy (non-hydrogen) atoms.